The topological polar surface area (TPSA) is 12.0 Å². The highest BCUT2D eigenvalue weighted by atomic mass is 35.5. The van der Waals surface area contributed by atoms with E-state index >= 15 is 0 Å². The number of quaternary nitrogens is 1. The van der Waals surface area contributed by atoms with E-state index < -0.39 is 0 Å². The van der Waals surface area contributed by atoms with E-state index in [0.29, 0.717) is 0 Å². The first-order chi connectivity index (χ1) is 9.16. The van der Waals surface area contributed by atoms with Crippen molar-refractivity contribution in [1.29, 1.82) is 0 Å². The van der Waals surface area contributed by atoms with Crippen molar-refractivity contribution in [2.24, 2.45) is 0 Å². The number of anilines is 1. The zero-order valence-electron chi connectivity index (χ0n) is 12.2. The minimum atomic E-state index is 0. The summed E-state index contributed by atoms with van der Waals surface area (Å²) in [5.74, 6) is 0. The lowest BCUT2D eigenvalue weighted by Crippen LogP contribution is -3.00. The third-order valence-electron chi connectivity index (χ3n) is 3.27. The van der Waals surface area contributed by atoms with Gasteiger partial charge in [-0.3, -0.25) is 0 Å². The Hall–Kier alpha value is -1.51. The van der Waals surface area contributed by atoms with Crippen LogP contribution in [0, 0.1) is 0 Å². The maximum absolute atomic E-state index is 3.47. The number of nitrogens with one attached hydrogen (secondary N) is 1. The Morgan fingerprint density at radius 3 is 2.00 bits per heavy atom. The third kappa shape index (κ3) is 5.64. The van der Waals surface area contributed by atoms with Crippen LogP contribution >= 0.6 is 0 Å². The van der Waals surface area contributed by atoms with Gasteiger partial charge in [-0.05, 0) is 12.1 Å². The van der Waals surface area contributed by atoms with Crippen LogP contribution in [0.3, 0.4) is 0 Å². The first-order valence-corrected chi connectivity index (χ1v) is 6.81. The Morgan fingerprint density at radius 2 is 1.40 bits per heavy atom. The van der Waals surface area contributed by atoms with Crippen LogP contribution in [0.2, 0.25) is 0 Å². The molecule has 2 nitrogen and oxygen atoms in total. The maximum Gasteiger partial charge on any atom is 0.104 e. The molecule has 0 heterocycles. The number of benzene rings is 2. The fraction of sp³-hybridized carbons (Fsp3) is 0.294. The minimum Gasteiger partial charge on any atom is -1.00 e. The number of para-hydroxylation sites is 1. The van der Waals surface area contributed by atoms with Gasteiger partial charge in [0.2, 0.25) is 0 Å². The normalized spacial score (nSPS) is 10.7. The molecule has 0 aliphatic carbocycles. The molecule has 0 spiro atoms. The molecule has 0 radical (unpaired) electrons. The largest absolute Gasteiger partial charge is 1.00 e. The Labute approximate surface area is 128 Å². The molecule has 0 atom stereocenters. The first-order valence-electron chi connectivity index (χ1n) is 6.81. The number of hydrogen-bond donors (Lipinski definition) is 1. The molecule has 0 saturated heterocycles. The lowest BCUT2D eigenvalue weighted by molar-refractivity contribution is -0.902. The molecule has 0 fully saturated rings. The second-order valence-electron chi connectivity index (χ2n) is 5.60. The molecule has 3 heteroatoms. The van der Waals surface area contributed by atoms with Crippen LogP contribution in [0.1, 0.15) is 5.56 Å². The summed E-state index contributed by atoms with van der Waals surface area (Å²) in [7, 11) is 4.55. The van der Waals surface area contributed by atoms with Gasteiger partial charge in [0, 0.05) is 11.3 Å². The fourth-order valence-corrected chi connectivity index (χ4v) is 2.22. The van der Waals surface area contributed by atoms with Crippen molar-refractivity contribution in [3.63, 3.8) is 0 Å². The number of nitrogens with zero attached hydrogens (tertiary/aromatic N) is 1. The molecular weight excluding hydrogens is 268 g/mol. The summed E-state index contributed by atoms with van der Waals surface area (Å²) >= 11 is 0. The predicted octanol–water partition coefficient (Wildman–Crippen LogP) is 0.379. The Balaban J connectivity index is 0.00000200. The van der Waals surface area contributed by atoms with E-state index in [2.05, 4.69) is 74.0 Å². The van der Waals surface area contributed by atoms with E-state index in [1.807, 2.05) is 6.07 Å². The monoisotopic (exact) mass is 290 g/mol. The average Bonchev–Trinajstić information content (AvgIpc) is 2.40. The van der Waals surface area contributed by atoms with Gasteiger partial charge in [0.05, 0.1) is 27.2 Å². The molecule has 0 bridgehead atoms. The smallest absolute Gasteiger partial charge is 0.104 e. The highest BCUT2D eigenvalue weighted by molar-refractivity contribution is 5.42. The Morgan fingerprint density at radius 1 is 0.850 bits per heavy atom. The number of hydrogen-bond acceptors (Lipinski definition) is 1. The molecule has 0 aliphatic heterocycles. The average molecular weight is 291 g/mol. The van der Waals surface area contributed by atoms with E-state index in [0.717, 1.165) is 24.1 Å². The van der Waals surface area contributed by atoms with E-state index in [9.17, 15) is 0 Å². The van der Waals surface area contributed by atoms with Gasteiger partial charge in [-0.2, -0.15) is 0 Å². The van der Waals surface area contributed by atoms with Gasteiger partial charge in [0.15, 0.2) is 0 Å². The van der Waals surface area contributed by atoms with Crippen molar-refractivity contribution >= 4 is 5.69 Å². The van der Waals surface area contributed by atoms with Crippen LogP contribution in [-0.4, -0.2) is 31.7 Å². The Kier molecular flexibility index (Phi) is 6.56. The molecule has 0 amide bonds. The Bertz CT molecular complexity index is 483. The maximum atomic E-state index is 3.47. The van der Waals surface area contributed by atoms with Crippen molar-refractivity contribution in [2.75, 3.05) is 32.5 Å². The van der Waals surface area contributed by atoms with Crippen LogP contribution in [-0.2, 0) is 6.54 Å². The summed E-state index contributed by atoms with van der Waals surface area (Å²) in [6.45, 7) is 3.16. The zero-order chi connectivity index (χ0) is 13.6. The summed E-state index contributed by atoms with van der Waals surface area (Å²) in [5, 5.41) is 3.47. The van der Waals surface area contributed by atoms with Gasteiger partial charge in [-0.25, -0.2) is 0 Å². The van der Waals surface area contributed by atoms with Crippen LogP contribution in [0.15, 0.2) is 60.7 Å². The highest BCUT2D eigenvalue weighted by Gasteiger charge is 2.14. The molecule has 0 unspecified atom stereocenters. The van der Waals surface area contributed by atoms with Gasteiger partial charge >= 0.3 is 0 Å². The summed E-state index contributed by atoms with van der Waals surface area (Å²) in [6.07, 6.45) is 0. The fourth-order valence-electron chi connectivity index (χ4n) is 2.22. The third-order valence-corrected chi connectivity index (χ3v) is 3.27. The molecule has 0 aromatic heterocycles. The SMILES string of the molecule is C[N+](C)(CCNc1ccccc1)Cc1ccccc1.[Cl-]. The van der Waals surface area contributed by atoms with Gasteiger partial charge in [0.1, 0.15) is 6.54 Å². The van der Waals surface area contributed by atoms with Crippen LogP contribution in [0.25, 0.3) is 0 Å². The van der Waals surface area contributed by atoms with E-state index in [1.165, 1.54) is 11.3 Å². The van der Waals surface area contributed by atoms with Crippen LogP contribution in [0.5, 0.6) is 0 Å². The molecule has 0 saturated carbocycles. The molecular formula is C17H23ClN2. The van der Waals surface area contributed by atoms with E-state index in [-0.39, 0.29) is 12.4 Å². The van der Waals surface area contributed by atoms with Crippen molar-refractivity contribution in [2.45, 2.75) is 6.54 Å². The summed E-state index contributed by atoms with van der Waals surface area (Å²) in [6, 6.07) is 21.1. The molecule has 2 rings (SSSR count). The zero-order valence-corrected chi connectivity index (χ0v) is 13.0. The molecule has 0 aliphatic rings. The molecule has 20 heavy (non-hydrogen) atoms. The standard InChI is InChI=1S/C17H23N2.ClH/c1-19(2,15-16-9-5-3-6-10-16)14-13-18-17-11-7-4-8-12-17;/h3-12,18H,13-15H2,1-2H3;1H/q+1;/p-1. The molecule has 1 N–H and O–H groups in total. The van der Waals surface area contributed by atoms with Gasteiger partial charge in [-0.15, -0.1) is 0 Å². The van der Waals surface area contributed by atoms with Gasteiger partial charge < -0.3 is 22.2 Å². The summed E-state index contributed by atoms with van der Waals surface area (Å²) in [4.78, 5) is 0. The molecule has 2 aromatic carbocycles. The van der Waals surface area contributed by atoms with Crippen LogP contribution < -0.4 is 17.7 Å². The first kappa shape index (κ1) is 16.5. The predicted molar refractivity (Wildman–Crippen MR) is 82.1 cm³/mol. The van der Waals surface area contributed by atoms with E-state index in [1.54, 1.807) is 0 Å². The van der Waals surface area contributed by atoms with Crippen molar-refractivity contribution < 1.29 is 16.9 Å². The lowest BCUT2D eigenvalue weighted by Gasteiger charge is -2.30. The van der Waals surface area contributed by atoms with Gasteiger partial charge in [-0.1, -0.05) is 48.5 Å². The summed E-state index contributed by atoms with van der Waals surface area (Å²) < 4.78 is 0.990. The van der Waals surface area contributed by atoms with Gasteiger partial charge in [0.25, 0.3) is 0 Å². The van der Waals surface area contributed by atoms with Crippen LogP contribution in [0.4, 0.5) is 5.69 Å². The molecule has 2 aromatic rings. The van der Waals surface area contributed by atoms with E-state index in [4.69, 9.17) is 0 Å². The minimum absolute atomic E-state index is 0. The van der Waals surface area contributed by atoms with Crippen molar-refractivity contribution in [1.82, 2.24) is 0 Å². The molecule has 108 valence electrons. The highest BCUT2D eigenvalue weighted by Crippen LogP contribution is 2.09. The second-order valence-corrected chi connectivity index (χ2v) is 5.60. The summed E-state index contributed by atoms with van der Waals surface area (Å²) in [5.41, 5.74) is 2.59. The second kappa shape index (κ2) is 7.93. The number of halogens is 1. The van der Waals surface area contributed by atoms with Crippen molar-refractivity contribution in [3.05, 3.63) is 66.2 Å². The number of likely N-dealkylation sites (N-methyl/N-ethyl adjacent to an activating group) is 1. The quantitative estimate of drug-likeness (QED) is 0.759. The number of rotatable bonds is 6. The van der Waals surface area contributed by atoms with Crippen molar-refractivity contribution in [3.8, 4) is 0 Å². The lowest BCUT2D eigenvalue weighted by atomic mass is 10.2.